The normalized spacial score (nSPS) is 12.8. The molecule has 0 aromatic carbocycles. The summed E-state index contributed by atoms with van der Waals surface area (Å²) in [6.07, 6.45) is 5.98. The molecule has 1 N–H and O–H groups in total. The van der Waals surface area contributed by atoms with Gasteiger partial charge >= 0.3 is 0 Å². The lowest BCUT2D eigenvalue weighted by atomic mass is 10.1. The lowest BCUT2D eigenvalue weighted by Crippen LogP contribution is -2.21. The van der Waals surface area contributed by atoms with Crippen LogP contribution in [0.4, 0.5) is 0 Å². The molecule has 0 bridgehead atoms. The molecule has 0 saturated carbocycles. The molecule has 2 aromatic rings. The molecule has 98 valence electrons. The van der Waals surface area contributed by atoms with Crippen molar-refractivity contribution < 1.29 is 0 Å². The Morgan fingerprint density at radius 1 is 1.44 bits per heavy atom. The van der Waals surface area contributed by atoms with Gasteiger partial charge in [-0.05, 0) is 32.0 Å². The second-order valence-electron chi connectivity index (χ2n) is 4.55. The van der Waals surface area contributed by atoms with Crippen LogP contribution >= 0.6 is 11.3 Å². The maximum atomic E-state index is 4.39. The average Bonchev–Trinajstić information content (AvgIpc) is 2.94. The van der Waals surface area contributed by atoms with Gasteiger partial charge in [0.05, 0.1) is 0 Å². The Labute approximate surface area is 113 Å². The molecule has 1 unspecified atom stereocenters. The minimum atomic E-state index is 0.449. The van der Waals surface area contributed by atoms with Crippen LogP contribution < -0.4 is 5.32 Å². The molecule has 1 atom stereocenters. The summed E-state index contributed by atoms with van der Waals surface area (Å²) in [6.45, 7) is 5.33. The van der Waals surface area contributed by atoms with E-state index >= 15 is 0 Å². The van der Waals surface area contributed by atoms with Crippen molar-refractivity contribution >= 4 is 11.3 Å². The van der Waals surface area contributed by atoms with Crippen LogP contribution in [0.25, 0.3) is 0 Å². The summed E-state index contributed by atoms with van der Waals surface area (Å²) < 4.78 is 2.10. The minimum Gasteiger partial charge on any atom is -0.338 e. The highest BCUT2D eigenvalue weighted by molar-refractivity contribution is 7.12. The highest BCUT2D eigenvalue weighted by atomic mass is 32.1. The van der Waals surface area contributed by atoms with Crippen molar-refractivity contribution in [2.75, 3.05) is 6.54 Å². The molecule has 0 amide bonds. The molecule has 2 heterocycles. The number of nitrogens with zero attached hydrogens (tertiary/aromatic N) is 2. The van der Waals surface area contributed by atoms with E-state index < -0.39 is 0 Å². The van der Waals surface area contributed by atoms with E-state index in [-0.39, 0.29) is 0 Å². The Balaban J connectivity index is 2.01. The fourth-order valence-electron chi connectivity index (χ4n) is 2.14. The van der Waals surface area contributed by atoms with Crippen molar-refractivity contribution in [3.63, 3.8) is 0 Å². The van der Waals surface area contributed by atoms with E-state index in [1.807, 2.05) is 23.7 Å². The van der Waals surface area contributed by atoms with Crippen molar-refractivity contribution in [3.05, 3.63) is 40.1 Å². The van der Waals surface area contributed by atoms with Gasteiger partial charge in [-0.25, -0.2) is 4.98 Å². The van der Waals surface area contributed by atoms with Gasteiger partial charge in [0, 0.05) is 41.7 Å². The molecule has 0 aliphatic heterocycles. The molecular formula is C14H21N3S. The highest BCUT2D eigenvalue weighted by Gasteiger charge is 2.13. The van der Waals surface area contributed by atoms with Crippen molar-refractivity contribution in [1.29, 1.82) is 0 Å². The first-order chi connectivity index (χ1) is 8.70. The molecule has 18 heavy (non-hydrogen) atoms. The molecule has 2 rings (SSSR count). The van der Waals surface area contributed by atoms with Crippen LogP contribution in [0.15, 0.2) is 24.5 Å². The maximum absolute atomic E-state index is 4.39. The third kappa shape index (κ3) is 3.21. The quantitative estimate of drug-likeness (QED) is 0.868. The number of hydrogen-bond acceptors (Lipinski definition) is 3. The van der Waals surface area contributed by atoms with Crippen molar-refractivity contribution in [1.82, 2.24) is 14.9 Å². The van der Waals surface area contributed by atoms with Gasteiger partial charge < -0.3 is 9.88 Å². The number of nitrogens with one attached hydrogen (secondary N) is 1. The van der Waals surface area contributed by atoms with Gasteiger partial charge in [-0.15, -0.1) is 11.3 Å². The van der Waals surface area contributed by atoms with E-state index in [2.05, 4.69) is 47.9 Å². The largest absolute Gasteiger partial charge is 0.338 e. The Bertz CT molecular complexity index is 487. The molecule has 0 aliphatic carbocycles. The smallest absolute Gasteiger partial charge is 0.108 e. The number of aromatic nitrogens is 2. The number of hydrogen-bond donors (Lipinski definition) is 1. The van der Waals surface area contributed by atoms with Crippen molar-refractivity contribution in [2.45, 2.75) is 32.7 Å². The molecule has 0 fully saturated rings. The molecule has 3 nitrogen and oxygen atoms in total. The van der Waals surface area contributed by atoms with Crippen molar-refractivity contribution in [3.8, 4) is 0 Å². The molecule has 4 heteroatoms. The van der Waals surface area contributed by atoms with E-state index in [1.54, 1.807) is 0 Å². The summed E-state index contributed by atoms with van der Waals surface area (Å²) in [4.78, 5) is 7.20. The summed E-state index contributed by atoms with van der Waals surface area (Å²) in [6, 6.07) is 4.89. The Kier molecular flexibility index (Phi) is 4.55. The van der Waals surface area contributed by atoms with E-state index in [4.69, 9.17) is 0 Å². The fourth-order valence-corrected chi connectivity index (χ4v) is 3.13. The first-order valence-electron chi connectivity index (χ1n) is 6.46. The first kappa shape index (κ1) is 13.3. The molecule has 2 aromatic heterocycles. The van der Waals surface area contributed by atoms with Gasteiger partial charge in [0.25, 0.3) is 0 Å². The number of rotatable bonds is 6. The summed E-state index contributed by atoms with van der Waals surface area (Å²) in [5, 5.41) is 3.57. The standard InChI is InChI=1S/C14H21N3S/c1-4-15-12(13-7-5-11(2)18-13)6-8-14-16-9-10-17(14)3/h5,7,9-10,12,15H,4,6,8H2,1-3H3. The second-order valence-corrected chi connectivity index (χ2v) is 5.87. The topological polar surface area (TPSA) is 29.9 Å². The third-order valence-electron chi connectivity index (χ3n) is 3.13. The monoisotopic (exact) mass is 263 g/mol. The van der Waals surface area contributed by atoms with E-state index in [0.717, 1.165) is 25.2 Å². The first-order valence-corrected chi connectivity index (χ1v) is 7.28. The fraction of sp³-hybridized carbons (Fsp3) is 0.500. The van der Waals surface area contributed by atoms with Crippen LogP contribution in [0.2, 0.25) is 0 Å². The van der Waals surface area contributed by atoms with Crippen molar-refractivity contribution in [2.24, 2.45) is 7.05 Å². The number of aryl methyl sites for hydroxylation is 3. The minimum absolute atomic E-state index is 0.449. The lowest BCUT2D eigenvalue weighted by Gasteiger charge is -2.16. The Morgan fingerprint density at radius 2 is 2.28 bits per heavy atom. The van der Waals surface area contributed by atoms with Crippen LogP contribution in [-0.2, 0) is 13.5 Å². The van der Waals surface area contributed by atoms with Crippen LogP contribution in [0.5, 0.6) is 0 Å². The zero-order valence-electron chi connectivity index (χ0n) is 11.3. The number of imidazole rings is 1. The van der Waals surface area contributed by atoms with E-state index in [0.29, 0.717) is 6.04 Å². The SMILES string of the molecule is CCNC(CCc1nccn1C)c1ccc(C)s1. The van der Waals surface area contributed by atoms with E-state index in [9.17, 15) is 0 Å². The zero-order valence-corrected chi connectivity index (χ0v) is 12.1. The molecular weight excluding hydrogens is 242 g/mol. The third-order valence-corrected chi connectivity index (χ3v) is 4.25. The summed E-state index contributed by atoms with van der Waals surface area (Å²) in [5.41, 5.74) is 0. The Hall–Kier alpha value is -1.13. The maximum Gasteiger partial charge on any atom is 0.108 e. The lowest BCUT2D eigenvalue weighted by molar-refractivity contribution is 0.513. The van der Waals surface area contributed by atoms with E-state index in [1.165, 1.54) is 9.75 Å². The van der Waals surface area contributed by atoms with Crippen LogP contribution in [0.1, 0.15) is 35.0 Å². The second kappa shape index (κ2) is 6.16. The van der Waals surface area contributed by atoms with Crippen LogP contribution in [-0.4, -0.2) is 16.1 Å². The molecule has 0 saturated heterocycles. The zero-order chi connectivity index (χ0) is 13.0. The molecule has 0 spiro atoms. The average molecular weight is 263 g/mol. The van der Waals surface area contributed by atoms with Gasteiger partial charge in [-0.2, -0.15) is 0 Å². The summed E-state index contributed by atoms with van der Waals surface area (Å²) >= 11 is 1.89. The molecule has 0 radical (unpaired) electrons. The predicted molar refractivity (Wildman–Crippen MR) is 77.0 cm³/mol. The molecule has 0 aliphatic rings. The van der Waals surface area contributed by atoms with Gasteiger partial charge in [0.15, 0.2) is 0 Å². The predicted octanol–water partition coefficient (Wildman–Crippen LogP) is 3.07. The highest BCUT2D eigenvalue weighted by Crippen LogP contribution is 2.26. The summed E-state index contributed by atoms with van der Waals surface area (Å²) in [7, 11) is 2.06. The van der Waals surface area contributed by atoms with Gasteiger partial charge in [0.1, 0.15) is 5.82 Å². The summed E-state index contributed by atoms with van der Waals surface area (Å²) in [5.74, 6) is 1.16. The van der Waals surface area contributed by atoms with Crippen LogP contribution in [0.3, 0.4) is 0 Å². The van der Waals surface area contributed by atoms with Gasteiger partial charge in [0.2, 0.25) is 0 Å². The van der Waals surface area contributed by atoms with Gasteiger partial charge in [-0.1, -0.05) is 6.92 Å². The number of thiophene rings is 1. The van der Waals surface area contributed by atoms with Gasteiger partial charge in [-0.3, -0.25) is 0 Å². The van der Waals surface area contributed by atoms with Crippen LogP contribution in [0, 0.1) is 6.92 Å². The Morgan fingerprint density at radius 3 is 2.83 bits per heavy atom.